The van der Waals surface area contributed by atoms with E-state index in [1.807, 2.05) is 0 Å². The lowest BCUT2D eigenvalue weighted by atomic mass is 10.1. The van der Waals surface area contributed by atoms with E-state index in [-0.39, 0.29) is 36.1 Å². The van der Waals surface area contributed by atoms with Gasteiger partial charge in [-0.15, -0.1) is 5.10 Å². The Hall–Kier alpha value is -2.32. The van der Waals surface area contributed by atoms with E-state index in [1.165, 1.54) is 6.07 Å². The van der Waals surface area contributed by atoms with E-state index in [0.29, 0.717) is 24.3 Å². The molecule has 1 amide bonds. The van der Waals surface area contributed by atoms with Crippen molar-refractivity contribution in [2.45, 2.75) is 25.6 Å². The van der Waals surface area contributed by atoms with Crippen LogP contribution in [0, 0.1) is 12.7 Å². The molecule has 1 N–H and O–H groups in total. The van der Waals surface area contributed by atoms with Crippen LogP contribution in [0.25, 0.3) is 0 Å². The fourth-order valence-corrected chi connectivity index (χ4v) is 2.56. The Kier molecular flexibility index (Phi) is 4.86. The minimum Gasteiger partial charge on any atom is -0.377 e. The second kappa shape index (κ2) is 7.06. The van der Waals surface area contributed by atoms with Crippen molar-refractivity contribution < 1.29 is 18.7 Å². The third-order valence-electron chi connectivity index (χ3n) is 4.07. The first kappa shape index (κ1) is 16.5. The number of benzene rings is 1. The van der Waals surface area contributed by atoms with Crippen LogP contribution in [-0.2, 0) is 16.0 Å². The largest absolute Gasteiger partial charge is 0.377 e. The van der Waals surface area contributed by atoms with Gasteiger partial charge in [0, 0.05) is 13.7 Å². The molecular weight excluding hydrogens is 315 g/mol. The molecule has 2 aromatic rings. The maximum Gasteiger partial charge on any atom is 0.273 e. The van der Waals surface area contributed by atoms with Crippen LogP contribution in [0.4, 0.5) is 4.39 Å². The monoisotopic (exact) mass is 334 g/mol. The molecule has 0 bridgehead atoms. The van der Waals surface area contributed by atoms with Gasteiger partial charge in [-0.3, -0.25) is 4.79 Å². The zero-order valence-electron chi connectivity index (χ0n) is 13.5. The Balaban J connectivity index is 1.62. The Morgan fingerprint density at radius 1 is 1.50 bits per heavy atom. The molecule has 0 unspecified atom stereocenters. The molecule has 0 spiro atoms. The molecule has 0 saturated carbocycles. The highest BCUT2D eigenvalue weighted by molar-refractivity contribution is 5.91. The maximum atomic E-state index is 13.5. The topological polar surface area (TPSA) is 78.3 Å². The Labute approximate surface area is 138 Å². The van der Waals surface area contributed by atoms with Gasteiger partial charge in [0.05, 0.1) is 19.4 Å². The number of ether oxygens (including phenoxy) is 2. The quantitative estimate of drug-likeness (QED) is 0.890. The molecule has 7 nitrogen and oxygen atoms in total. The van der Waals surface area contributed by atoms with Crippen molar-refractivity contribution in [3.63, 3.8) is 0 Å². The van der Waals surface area contributed by atoms with Crippen molar-refractivity contribution >= 4 is 5.91 Å². The van der Waals surface area contributed by atoms with Gasteiger partial charge < -0.3 is 14.8 Å². The van der Waals surface area contributed by atoms with Crippen molar-refractivity contribution in [2.24, 2.45) is 0 Å². The fourth-order valence-electron chi connectivity index (χ4n) is 2.56. The number of methoxy groups -OCH3 is 1. The zero-order valence-corrected chi connectivity index (χ0v) is 13.5. The summed E-state index contributed by atoms with van der Waals surface area (Å²) in [4.78, 5) is 12.2. The first-order valence-corrected chi connectivity index (χ1v) is 7.64. The molecule has 3 rings (SSSR count). The number of carbonyl (C=O) groups is 1. The van der Waals surface area contributed by atoms with E-state index in [4.69, 9.17) is 9.47 Å². The number of hydrogen-bond donors (Lipinski definition) is 1. The molecule has 1 aromatic heterocycles. The van der Waals surface area contributed by atoms with Gasteiger partial charge in [-0.1, -0.05) is 17.3 Å². The van der Waals surface area contributed by atoms with Crippen molar-refractivity contribution in [1.29, 1.82) is 0 Å². The SMILES string of the molecule is CO[C@@H]1COC[C@H]1n1cc(C(=O)NCc2ccc(C)c(F)c2)nn1. The summed E-state index contributed by atoms with van der Waals surface area (Å²) in [5, 5.41) is 10.6. The second-order valence-electron chi connectivity index (χ2n) is 5.73. The van der Waals surface area contributed by atoms with Crippen LogP contribution in [0.2, 0.25) is 0 Å². The van der Waals surface area contributed by atoms with Gasteiger partial charge in [0.1, 0.15) is 18.0 Å². The van der Waals surface area contributed by atoms with Crippen molar-refractivity contribution in [3.8, 4) is 0 Å². The molecule has 1 aliphatic rings. The number of hydrogen-bond acceptors (Lipinski definition) is 5. The molecule has 1 aliphatic heterocycles. The number of carbonyl (C=O) groups excluding carboxylic acids is 1. The van der Waals surface area contributed by atoms with Crippen LogP contribution in [0.5, 0.6) is 0 Å². The van der Waals surface area contributed by atoms with Gasteiger partial charge in [0.15, 0.2) is 5.69 Å². The summed E-state index contributed by atoms with van der Waals surface area (Å²) in [6, 6.07) is 4.76. The molecule has 0 radical (unpaired) electrons. The van der Waals surface area contributed by atoms with Gasteiger partial charge in [-0.25, -0.2) is 9.07 Å². The predicted octanol–water partition coefficient (Wildman–Crippen LogP) is 1.24. The molecular formula is C16H19FN4O3. The van der Waals surface area contributed by atoms with Gasteiger partial charge in [-0.2, -0.15) is 0 Å². The maximum absolute atomic E-state index is 13.5. The number of nitrogens with one attached hydrogen (secondary N) is 1. The molecule has 1 saturated heterocycles. The number of aromatic nitrogens is 3. The standard InChI is InChI=1S/C16H19FN4O3/c1-10-3-4-11(5-12(10)17)6-18-16(22)13-7-21(20-19-13)14-8-24-9-15(14)23-2/h3-5,7,14-15H,6,8-9H2,1-2H3,(H,18,22)/t14-,15-/m1/s1. The third-order valence-corrected chi connectivity index (χ3v) is 4.07. The number of nitrogens with zero attached hydrogens (tertiary/aromatic N) is 3. The molecule has 1 fully saturated rings. The van der Waals surface area contributed by atoms with Gasteiger partial charge in [0.2, 0.25) is 0 Å². The van der Waals surface area contributed by atoms with Crippen LogP contribution in [0.15, 0.2) is 24.4 Å². The number of aryl methyl sites for hydroxylation is 1. The first-order valence-electron chi connectivity index (χ1n) is 7.64. The highest BCUT2D eigenvalue weighted by atomic mass is 19.1. The van der Waals surface area contributed by atoms with Crippen LogP contribution in [0.3, 0.4) is 0 Å². The lowest BCUT2D eigenvalue weighted by Gasteiger charge is -2.15. The average molecular weight is 334 g/mol. The van der Waals surface area contributed by atoms with Crippen LogP contribution < -0.4 is 5.32 Å². The summed E-state index contributed by atoms with van der Waals surface area (Å²) in [7, 11) is 1.61. The molecule has 8 heteroatoms. The van der Waals surface area contributed by atoms with Gasteiger partial charge >= 0.3 is 0 Å². The minimum absolute atomic E-state index is 0.102. The fraction of sp³-hybridized carbons (Fsp3) is 0.438. The van der Waals surface area contributed by atoms with E-state index in [2.05, 4.69) is 15.6 Å². The average Bonchev–Trinajstić information content (AvgIpc) is 3.23. The smallest absolute Gasteiger partial charge is 0.273 e. The Morgan fingerprint density at radius 3 is 3.08 bits per heavy atom. The summed E-state index contributed by atoms with van der Waals surface area (Å²) in [5.41, 5.74) is 1.45. The minimum atomic E-state index is -0.366. The van der Waals surface area contributed by atoms with Crippen LogP contribution in [-0.4, -0.2) is 47.3 Å². The summed E-state index contributed by atoms with van der Waals surface area (Å²) in [6.45, 7) is 2.86. The predicted molar refractivity (Wildman–Crippen MR) is 83.0 cm³/mol. The number of rotatable bonds is 5. The molecule has 128 valence electrons. The van der Waals surface area contributed by atoms with Crippen molar-refractivity contribution in [3.05, 3.63) is 47.0 Å². The third kappa shape index (κ3) is 3.44. The zero-order chi connectivity index (χ0) is 17.1. The second-order valence-corrected chi connectivity index (χ2v) is 5.73. The Morgan fingerprint density at radius 2 is 2.33 bits per heavy atom. The summed E-state index contributed by atoms with van der Waals surface area (Å²) in [6.07, 6.45) is 1.45. The highest BCUT2D eigenvalue weighted by Gasteiger charge is 2.31. The molecule has 24 heavy (non-hydrogen) atoms. The number of halogens is 1. The van der Waals surface area contributed by atoms with E-state index in [0.717, 1.165) is 0 Å². The van der Waals surface area contributed by atoms with Gasteiger partial charge in [0.25, 0.3) is 5.91 Å². The number of amides is 1. The van der Waals surface area contributed by atoms with E-state index < -0.39 is 0 Å². The van der Waals surface area contributed by atoms with Crippen molar-refractivity contribution in [2.75, 3.05) is 20.3 Å². The van der Waals surface area contributed by atoms with E-state index in [9.17, 15) is 9.18 Å². The van der Waals surface area contributed by atoms with Crippen LogP contribution in [0.1, 0.15) is 27.7 Å². The Bertz CT molecular complexity index is 734. The molecule has 2 atom stereocenters. The van der Waals surface area contributed by atoms with Gasteiger partial charge in [-0.05, 0) is 24.1 Å². The summed E-state index contributed by atoms with van der Waals surface area (Å²) >= 11 is 0. The lowest BCUT2D eigenvalue weighted by molar-refractivity contribution is 0.0661. The van der Waals surface area contributed by atoms with E-state index >= 15 is 0 Å². The molecule has 0 aliphatic carbocycles. The van der Waals surface area contributed by atoms with Crippen LogP contribution >= 0.6 is 0 Å². The summed E-state index contributed by atoms with van der Waals surface area (Å²) in [5.74, 6) is -0.658. The normalized spacial score (nSPS) is 20.3. The highest BCUT2D eigenvalue weighted by Crippen LogP contribution is 2.21. The molecule has 2 heterocycles. The van der Waals surface area contributed by atoms with Crippen molar-refractivity contribution in [1.82, 2.24) is 20.3 Å². The lowest BCUT2D eigenvalue weighted by Crippen LogP contribution is -2.25. The first-order chi connectivity index (χ1) is 11.6. The molecule has 1 aromatic carbocycles. The summed E-state index contributed by atoms with van der Waals surface area (Å²) < 4.78 is 25.8. The van der Waals surface area contributed by atoms with E-state index in [1.54, 1.807) is 37.0 Å².